The molecule has 0 N–H and O–H groups in total. The van der Waals surface area contributed by atoms with Crippen LogP contribution in [-0.2, 0) is 29.7 Å². The van der Waals surface area contributed by atoms with Crippen LogP contribution in [0, 0.1) is 11.2 Å². The largest absolute Gasteiger partial charge is 0.416 e. The average molecular weight is 644 g/mol. The fraction of sp³-hybridized carbons (Fsp3) is 0.367. The van der Waals surface area contributed by atoms with Crippen LogP contribution in [0.15, 0.2) is 65.8 Å². The minimum Gasteiger partial charge on any atom is -0.291 e. The number of allylic oxidation sites excluding steroid dienone is 1. The van der Waals surface area contributed by atoms with E-state index in [1.54, 1.807) is 50.0 Å². The number of benzene rings is 1. The van der Waals surface area contributed by atoms with Crippen molar-refractivity contribution in [1.82, 2.24) is 33.8 Å². The van der Waals surface area contributed by atoms with Gasteiger partial charge in [0.15, 0.2) is 5.78 Å². The van der Waals surface area contributed by atoms with Gasteiger partial charge in [0.1, 0.15) is 17.8 Å². The molecular formula is C30H29F4N7O3S. The molecule has 0 spiro atoms. The van der Waals surface area contributed by atoms with Crippen LogP contribution in [-0.4, -0.2) is 60.1 Å². The fourth-order valence-corrected chi connectivity index (χ4v) is 8.22. The van der Waals surface area contributed by atoms with Crippen molar-refractivity contribution in [2.24, 2.45) is 12.5 Å². The zero-order valence-electron chi connectivity index (χ0n) is 24.5. The lowest BCUT2D eigenvalue weighted by Crippen LogP contribution is -2.52. The monoisotopic (exact) mass is 643 g/mol. The normalized spacial score (nSPS) is 20.2. The van der Waals surface area contributed by atoms with Crippen molar-refractivity contribution in [2.45, 2.75) is 62.9 Å². The summed E-state index contributed by atoms with van der Waals surface area (Å²) in [6.45, 7) is 3.42. The summed E-state index contributed by atoms with van der Waals surface area (Å²) in [5, 5.41) is 8.10. The van der Waals surface area contributed by atoms with Crippen LogP contribution in [0.2, 0.25) is 0 Å². The van der Waals surface area contributed by atoms with E-state index in [1.165, 1.54) is 27.4 Å². The maximum atomic E-state index is 14.5. The first-order valence-electron chi connectivity index (χ1n) is 14.2. The van der Waals surface area contributed by atoms with E-state index < -0.39 is 50.9 Å². The lowest BCUT2D eigenvalue weighted by Gasteiger charge is -2.47. The number of fused-ring (bicyclic) bond motifs is 2. The Balaban J connectivity index is 1.47. The van der Waals surface area contributed by atoms with Crippen LogP contribution in [0.5, 0.6) is 0 Å². The second kappa shape index (κ2) is 11.0. The second-order valence-electron chi connectivity index (χ2n) is 11.7. The number of Topliss-reactive ketones (excluding diaryl/α,β-unsaturated/α-hetero) is 1. The highest BCUT2D eigenvalue weighted by Crippen LogP contribution is 2.51. The van der Waals surface area contributed by atoms with Crippen molar-refractivity contribution in [3.63, 3.8) is 0 Å². The molecule has 0 amide bonds. The van der Waals surface area contributed by atoms with Crippen LogP contribution in [0.25, 0.3) is 11.8 Å². The lowest BCUT2D eigenvalue weighted by atomic mass is 9.60. The van der Waals surface area contributed by atoms with Gasteiger partial charge in [-0.3, -0.25) is 14.5 Å². The molecule has 45 heavy (non-hydrogen) atoms. The highest BCUT2D eigenvalue weighted by atomic mass is 32.2. The number of sulfonamides is 1. The van der Waals surface area contributed by atoms with E-state index in [1.807, 2.05) is 0 Å². The fourth-order valence-electron chi connectivity index (χ4n) is 6.49. The Morgan fingerprint density at radius 2 is 1.87 bits per heavy atom. The van der Waals surface area contributed by atoms with Crippen molar-refractivity contribution in [3.8, 4) is 5.69 Å². The zero-order chi connectivity index (χ0) is 32.3. The lowest BCUT2D eigenvalue weighted by molar-refractivity contribution is -0.137. The maximum absolute atomic E-state index is 14.5. The van der Waals surface area contributed by atoms with Crippen molar-refractivity contribution in [3.05, 3.63) is 89.0 Å². The van der Waals surface area contributed by atoms with Gasteiger partial charge >= 0.3 is 6.18 Å². The molecule has 6 rings (SSSR count). The van der Waals surface area contributed by atoms with Crippen molar-refractivity contribution < 1.29 is 30.8 Å². The summed E-state index contributed by atoms with van der Waals surface area (Å²) >= 11 is 0. The number of aromatic nitrogens is 6. The molecule has 3 aromatic heterocycles. The van der Waals surface area contributed by atoms with E-state index in [2.05, 4.69) is 20.2 Å². The molecule has 2 aliphatic rings. The molecule has 3 heterocycles. The molecule has 1 fully saturated rings. The third-order valence-electron chi connectivity index (χ3n) is 8.42. The summed E-state index contributed by atoms with van der Waals surface area (Å²) in [6, 6.07) is 6.01. The van der Waals surface area contributed by atoms with Gasteiger partial charge < -0.3 is 0 Å². The molecule has 15 heteroatoms. The van der Waals surface area contributed by atoms with Gasteiger partial charge in [-0.1, -0.05) is 5.57 Å². The van der Waals surface area contributed by atoms with Gasteiger partial charge in [0.2, 0.25) is 0 Å². The molecule has 2 atom stereocenters. The summed E-state index contributed by atoms with van der Waals surface area (Å²) < 4.78 is 86.5. The first kappa shape index (κ1) is 30.8. The molecule has 4 aromatic rings. The summed E-state index contributed by atoms with van der Waals surface area (Å²) in [5.41, 5.74) is -0.280. The number of halogens is 4. The van der Waals surface area contributed by atoms with E-state index in [0.717, 1.165) is 18.3 Å². The Morgan fingerprint density at radius 3 is 2.51 bits per heavy atom. The van der Waals surface area contributed by atoms with Gasteiger partial charge in [0.25, 0.3) is 15.2 Å². The Bertz CT molecular complexity index is 1920. The van der Waals surface area contributed by atoms with Crippen LogP contribution in [0.3, 0.4) is 0 Å². The van der Waals surface area contributed by atoms with Gasteiger partial charge in [-0.25, -0.2) is 22.5 Å². The zero-order valence-corrected chi connectivity index (χ0v) is 25.3. The van der Waals surface area contributed by atoms with E-state index >= 15 is 0 Å². The minimum absolute atomic E-state index is 0.0129. The number of nitrogens with zero attached hydrogens (tertiary/aromatic N) is 7. The Hall–Kier alpha value is -4.24. The number of rotatable bonds is 7. The first-order chi connectivity index (χ1) is 21.2. The van der Waals surface area contributed by atoms with Gasteiger partial charge in [0, 0.05) is 25.3 Å². The van der Waals surface area contributed by atoms with Crippen LogP contribution < -0.4 is 0 Å². The predicted octanol–water partition coefficient (Wildman–Crippen LogP) is 5.01. The molecule has 0 saturated heterocycles. The number of hydrogen-bond acceptors (Lipinski definition) is 7. The summed E-state index contributed by atoms with van der Waals surface area (Å²) in [7, 11) is -2.66. The van der Waals surface area contributed by atoms with Crippen molar-refractivity contribution in [2.75, 3.05) is 0 Å². The van der Waals surface area contributed by atoms with E-state index in [9.17, 15) is 30.8 Å². The molecule has 1 saturated carbocycles. The molecular weight excluding hydrogens is 614 g/mol. The third kappa shape index (κ3) is 5.37. The molecule has 0 unspecified atom stereocenters. The average Bonchev–Trinajstić information content (AvgIpc) is 3.61. The number of aryl methyl sites for hydroxylation is 1. The predicted molar refractivity (Wildman–Crippen MR) is 154 cm³/mol. The van der Waals surface area contributed by atoms with Crippen LogP contribution >= 0.6 is 0 Å². The maximum Gasteiger partial charge on any atom is 0.416 e. The van der Waals surface area contributed by atoms with Gasteiger partial charge in [0.05, 0.1) is 28.6 Å². The molecule has 0 radical (unpaired) electrons. The summed E-state index contributed by atoms with van der Waals surface area (Å²) in [5.74, 6) is -1.05. The van der Waals surface area contributed by atoms with Crippen molar-refractivity contribution >= 4 is 21.9 Å². The Labute approximate surface area is 256 Å². The molecule has 236 valence electrons. The second-order valence-corrected chi connectivity index (χ2v) is 13.4. The van der Waals surface area contributed by atoms with E-state index in [0.29, 0.717) is 28.9 Å². The highest BCUT2D eigenvalue weighted by Gasteiger charge is 2.52. The van der Waals surface area contributed by atoms with E-state index in [4.69, 9.17) is 0 Å². The number of carbonyl (C=O) groups is 1. The topological polar surface area (TPSA) is 116 Å². The molecule has 2 aliphatic carbocycles. The smallest absolute Gasteiger partial charge is 0.291 e. The summed E-state index contributed by atoms with van der Waals surface area (Å²) in [6.07, 6.45) is 1.55. The quantitative estimate of drug-likeness (QED) is 0.205. The van der Waals surface area contributed by atoms with Gasteiger partial charge in [-0.05, 0) is 87.6 Å². The number of carbonyl (C=O) groups excluding carboxylic acids is 1. The number of alkyl halides is 3. The van der Waals surface area contributed by atoms with Crippen LogP contribution in [0.4, 0.5) is 17.6 Å². The SMILES string of the molecule is CC(C)N([C@H]1CCC2=Cc3c(cnn3-c3ccc(F)cc3)C[C@]2(C(=O)c2cc(C(F)(F)F)ccn2)C1)S(=O)(=O)c1ncn(C)n1. The number of pyridine rings is 1. The first-order valence-corrected chi connectivity index (χ1v) is 15.7. The summed E-state index contributed by atoms with van der Waals surface area (Å²) in [4.78, 5) is 22.5. The number of ketones is 1. The number of hydrogen-bond donors (Lipinski definition) is 0. The minimum atomic E-state index is -4.70. The van der Waals surface area contributed by atoms with Crippen LogP contribution in [0.1, 0.15) is 60.4 Å². The Kier molecular flexibility index (Phi) is 7.51. The van der Waals surface area contributed by atoms with E-state index in [-0.39, 0.29) is 30.1 Å². The third-order valence-corrected chi connectivity index (χ3v) is 10.3. The standard InChI is InChI=1S/C30H29F4N7O3S/c1-18(2)41(45(43,44)28-36-17-39(3)38-28)24-7-4-20-13-26-19(16-37-40(26)23-8-5-22(31)6-9-23)14-29(20,15-24)27(42)25-12-21(10-11-35-25)30(32,33)34/h5-6,8-13,16-18,24H,4,7,14-15H2,1-3H3/t24-,29-/m0/s1. The molecule has 0 bridgehead atoms. The Morgan fingerprint density at radius 1 is 1.13 bits per heavy atom. The molecule has 0 aliphatic heterocycles. The molecule has 1 aromatic carbocycles. The highest BCUT2D eigenvalue weighted by molar-refractivity contribution is 7.89. The molecule has 10 nitrogen and oxygen atoms in total. The van der Waals surface area contributed by atoms with Gasteiger partial charge in [-0.15, -0.1) is 5.10 Å². The van der Waals surface area contributed by atoms with Gasteiger partial charge in [-0.2, -0.15) is 22.6 Å². The van der Waals surface area contributed by atoms with Crippen molar-refractivity contribution in [1.29, 1.82) is 0 Å².